The van der Waals surface area contributed by atoms with Crippen LogP contribution in [0.15, 0.2) is 279 Å². The van der Waals surface area contributed by atoms with Crippen molar-refractivity contribution in [1.29, 1.82) is 0 Å². The van der Waals surface area contributed by atoms with E-state index in [0.29, 0.717) is 0 Å². The number of carboxylic acid groups (broad SMARTS) is 1. The number of amides is 1. The first-order valence-corrected chi connectivity index (χ1v) is 33.5. The number of benzene rings is 10. The van der Waals surface area contributed by atoms with Gasteiger partial charge in [-0.05, 0) is 77.9 Å². The van der Waals surface area contributed by atoms with Crippen LogP contribution in [0.4, 0.5) is 0 Å². The molecule has 10 aromatic rings. The van der Waals surface area contributed by atoms with Gasteiger partial charge in [-0.15, -0.1) is 0 Å². The van der Waals surface area contributed by atoms with Gasteiger partial charge in [-0.25, -0.2) is 0 Å². The third-order valence-corrected chi connectivity index (χ3v) is 18.1. The molecule has 0 saturated heterocycles. The summed E-state index contributed by atoms with van der Waals surface area (Å²) in [5.74, 6) is -4.66. The van der Waals surface area contributed by atoms with Crippen molar-refractivity contribution < 1.29 is 62.3 Å². The highest BCUT2D eigenvalue weighted by atomic mass is 16.6. The molecule has 0 heterocycles. The molecular formula is C85H79NO13. The number of nitrogens with one attached hydrogen (secondary N) is 1. The minimum atomic E-state index is -1.09. The number of rotatable bonds is 30. The van der Waals surface area contributed by atoms with Gasteiger partial charge in [0.25, 0.3) is 0 Å². The van der Waals surface area contributed by atoms with Crippen molar-refractivity contribution in [3.05, 3.63) is 335 Å². The molecule has 0 bridgehead atoms. The summed E-state index contributed by atoms with van der Waals surface area (Å²) in [6.45, 7) is 0.248. The smallest absolute Gasteiger partial charge is 0.306 e. The third kappa shape index (κ3) is 16.8. The summed E-state index contributed by atoms with van der Waals surface area (Å²) >= 11 is 0. The Hall–Kier alpha value is -11.1. The van der Waals surface area contributed by atoms with Gasteiger partial charge in [-0.1, -0.05) is 279 Å². The number of hydrogen-bond donors (Lipinski definition) is 2. The molecule has 2 N–H and O–H groups in total. The number of carbonyl (C=O) groups excluding carboxylic acids is 5. The van der Waals surface area contributed by atoms with E-state index >= 15 is 0 Å². The molecule has 2 aliphatic rings. The van der Waals surface area contributed by atoms with E-state index in [4.69, 9.17) is 33.5 Å². The van der Waals surface area contributed by atoms with Crippen molar-refractivity contribution in [3.8, 4) is 22.3 Å². The first kappa shape index (κ1) is 69.3. The molecule has 0 unspecified atom stereocenters. The van der Waals surface area contributed by atoms with Gasteiger partial charge in [0.2, 0.25) is 5.91 Å². The monoisotopic (exact) mass is 1320 g/mol. The Morgan fingerprint density at radius 1 is 0.333 bits per heavy atom. The molecule has 0 aromatic heterocycles. The molecule has 502 valence electrons. The summed E-state index contributed by atoms with van der Waals surface area (Å²) in [6, 6.07) is 92.2. The normalized spacial score (nSPS) is 12.8. The number of carboxylic acids is 1. The summed E-state index contributed by atoms with van der Waals surface area (Å²) in [5.41, 5.74) is 12.4. The average molecular weight is 1320 g/mol. The first-order chi connectivity index (χ1) is 48.4. The number of fused-ring (bicyclic) bond motifs is 6. The van der Waals surface area contributed by atoms with Crippen LogP contribution in [0, 0.1) is 11.8 Å². The fourth-order valence-electron chi connectivity index (χ4n) is 13.3. The zero-order chi connectivity index (χ0) is 68.8. The van der Waals surface area contributed by atoms with Gasteiger partial charge in [-0.3, -0.25) is 28.8 Å². The van der Waals surface area contributed by atoms with Crippen LogP contribution in [0.2, 0.25) is 0 Å². The molecule has 14 heteroatoms. The lowest BCUT2D eigenvalue weighted by Gasteiger charge is -2.37. The fraction of sp³-hybridized carbons (Fsp3) is 0.224. The van der Waals surface area contributed by atoms with E-state index in [9.17, 15) is 28.8 Å². The van der Waals surface area contributed by atoms with Gasteiger partial charge >= 0.3 is 29.8 Å². The van der Waals surface area contributed by atoms with Crippen molar-refractivity contribution in [3.63, 3.8) is 0 Å². The highest BCUT2D eigenvalue weighted by molar-refractivity contribution is 5.82. The Balaban J connectivity index is 0.000000200. The van der Waals surface area contributed by atoms with Gasteiger partial charge in [0.1, 0.15) is 24.4 Å². The second-order valence-corrected chi connectivity index (χ2v) is 24.6. The van der Waals surface area contributed by atoms with Crippen LogP contribution in [0.3, 0.4) is 0 Å². The van der Waals surface area contributed by atoms with Gasteiger partial charge in [0.05, 0.1) is 58.5 Å². The third-order valence-electron chi connectivity index (χ3n) is 18.1. The van der Waals surface area contributed by atoms with Crippen LogP contribution in [0.5, 0.6) is 0 Å². The summed E-state index contributed by atoms with van der Waals surface area (Å²) in [5, 5.41) is 11.6. The molecule has 0 fully saturated rings. The van der Waals surface area contributed by atoms with Gasteiger partial charge in [-0.2, -0.15) is 0 Å². The minimum Gasteiger partial charge on any atom is -0.481 e. The lowest BCUT2D eigenvalue weighted by atomic mass is 9.80. The van der Waals surface area contributed by atoms with E-state index in [1.54, 1.807) is 0 Å². The van der Waals surface area contributed by atoms with Crippen molar-refractivity contribution in [1.82, 2.24) is 5.32 Å². The van der Waals surface area contributed by atoms with Crippen LogP contribution in [-0.2, 0) is 68.4 Å². The highest BCUT2D eigenvalue weighted by Crippen LogP contribution is 2.47. The molecule has 2 aliphatic carbocycles. The van der Waals surface area contributed by atoms with Crippen molar-refractivity contribution >= 4 is 35.8 Å². The Kier molecular flexibility index (Phi) is 23.6. The summed E-state index contributed by atoms with van der Waals surface area (Å²) < 4.78 is 37.0. The molecule has 99 heavy (non-hydrogen) atoms. The number of ether oxygens (including phenoxy) is 6. The van der Waals surface area contributed by atoms with Crippen LogP contribution in [0.25, 0.3) is 22.3 Å². The van der Waals surface area contributed by atoms with E-state index < -0.39 is 52.9 Å². The van der Waals surface area contributed by atoms with Crippen LogP contribution < -0.4 is 5.32 Å². The molecule has 12 rings (SSSR count). The molecule has 0 spiro atoms. The Morgan fingerprint density at radius 2 is 0.596 bits per heavy atom. The second kappa shape index (κ2) is 33.7. The maximum atomic E-state index is 13.6. The second-order valence-electron chi connectivity index (χ2n) is 24.6. The van der Waals surface area contributed by atoms with Crippen molar-refractivity contribution in [2.45, 2.75) is 61.6 Å². The highest BCUT2D eigenvalue weighted by Gasteiger charge is 2.41. The zero-order valence-corrected chi connectivity index (χ0v) is 55.2. The van der Waals surface area contributed by atoms with E-state index in [1.807, 2.05) is 231 Å². The van der Waals surface area contributed by atoms with Gasteiger partial charge in [0.15, 0.2) is 0 Å². The lowest BCUT2D eigenvalue weighted by molar-refractivity contribution is -0.153. The SMILES string of the molecule is CNC(=O)CCC(=O)OC[C@H](COC(c1ccccc1)(c1ccccc1)c1ccccc1)CC(=O)OCC1c2ccccc2-c2ccccc21.O=C(O)CCC(=O)OC[C@H](COC(c1ccccc1)(c1ccccc1)c1ccccc1)CC(=O)OCC1c2ccccc2-c2ccccc21. The van der Waals surface area contributed by atoms with E-state index in [-0.39, 0.29) is 95.9 Å². The topological polar surface area (TPSA) is 190 Å². The molecule has 10 aromatic carbocycles. The predicted octanol–water partition coefficient (Wildman–Crippen LogP) is 15.2. The Labute approximate surface area is 577 Å². The standard InChI is InChI=1S/C43H41NO6.C42H38O7/c1-44-40(45)25-26-41(46)48-28-31(27-42(47)49-30-39-37-23-13-11-21-35(37)36-22-12-14-24-38(36)39)29-50-43(32-15-5-2-6-16-32,33-17-7-3-8-18-33)34-19-9-4-10-20-34;43-39(44)24-25-40(45)47-27-30(26-41(46)48-29-38-36-22-12-10-20-34(36)35-21-11-13-23-37(35)38)28-49-42(31-14-4-1-5-15-31,32-16-6-2-7-17-32)33-18-8-3-9-19-33/h2-24,31,39H,25-30H2,1H3,(H,44,45);1-23,30,38H,24-29H2,(H,43,44)/t31-;30-/m11/s1. The first-order valence-electron chi connectivity index (χ1n) is 33.5. The Bertz CT molecular complexity index is 4040. The van der Waals surface area contributed by atoms with Crippen molar-refractivity contribution in [2.24, 2.45) is 11.8 Å². The average Bonchev–Trinajstić information content (AvgIpc) is 1.38. The zero-order valence-electron chi connectivity index (χ0n) is 55.2. The summed E-state index contributed by atoms with van der Waals surface area (Å²) in [6.07, 6.45) is -0.770. The van der Waals surface area contributed by atoms with Gasteiger partial charge < -0.3 is 38.8 Å². The Morgan fingerprint density at radius 3 is 0.869 bits per heavy atom. The fourth-order valence-corrected chi connectivity index (χ4v) is 13.3. The maximum Gasteiger partial charge on any atom is 0.306 e. The molecule has 0 saturated carbocycles. The molecular weight excluding hydrogens is 1240 g/mol. The number of hydrogen-bond acceptors (Lipinski definition) is 12. The van der Waals surface area contributed by atoms with Crippen LogP contribution in [0.1, 0.15) is 106 Å². The van der Waals surface area contributed by atoms with Crippen molar-refractivity contribution in [2.75, 3.05) is 46.7 Å². The summed E-state index contributed by atoms with van der Waals surface area (Å²) in [7, 11) is 1.52. The van der Waals surface area contributed by atoms with Gasteiger partial charge in [0, 0.05) is 37.1 Å². The molecule has 0 aliphatic heterocycles. The van der Waals surface area contributed by atoms with Crippen LogP contribution >= 0.6 is 0 Å². The predicted molar refractivity (Wildman–Crippen MR) is 378 cm³/mol. The van der Waals surface area contributed by atoms with E-state index in [2.05, 4.69) is 53.8 Å². The molecule has 1 amide bonds. The molecule has 0 radical (unpaired) electrons. The summed E-state index contributed by atoms with van der Waals surface area (Å²) in [4.78, 5) is 75.1. The maximum absolute atomic E-state index is 13.6. The number of carbonyl (C=O) groups is 6. The lowest BCUT2D eigenvalue weighted by Crippen LogP contribution is -2.36. The largest absolute Gasteiger partial charge is 0.481 e. The number of aliphatic carboxylic acids is 1. The molecule has 14 nitrogen and oxygen atoms in total. The van der Waals surface area contributed by atoms with Crippen LogP contribution in [-0.4, -0.2) is 87.5 Å². The minimum absolute atomic E-state index is 0.0159. The van der Waals surface area contributed by atoms with E-state index in [0.717, 1.165) is 77.9 Å². The van der Waals surface area contributed by atoms with E-state index in [1.165, 1.54) is 7.05 Å². The number of esters is 4. The quantitative estimate of drug-likeness (QED) is 0.0246. The molecule has 2 atom stereocenters.